The molecule has 1 atom stereocenters. The number of amides is 1. The van der Waals surface area contributed by atoms with Crippen LogP contribution in [0.4, 0.5) is 0 Å². The quantitative estimate of drug-likeness (QED) is 0.623. The molecule has 1 fully saturated rings. The summed E-state index contributed by atoms with van der Waals surface area (Å²) in [6.45, 7) is 1.60. The molecule has 1 aliphatic rings. The monoisotopic (exact) mass is 422 g/mol. The molecule has 0 radical (unpaired) electrons. The van der Waals surface area contributed by atoms with Crippen molar-refractivity contribution >= 4 is 27.3 Å². The molecule has 152 valence electrons. The lowest BCUT2D eigenvalue weighted by molar-refractivity contribution is -0.132. The van der Waals surface area contributed by atoms with Crippen LogP contribution in [-0.4, -0.2) is 55.6 Å². The highest BCUT2D eigenvalue weighted by Gasteiger charge is 2.28. The number of nitrogens with zero attached hydrogens (tertiary/aromatic N) is 2. The third-order valence-electron chi connectivity index (χ3n) is 4.71. The van der Waals surface area contributed by atoms with Gasteiger partial charge in [-0.1, -0.05) is 36.4 Å². The van der Waals surface area contributed by atoms with Gasteiger partial charge in [0.05, 0.1) is 25.4 Å². The first kappa shape index (κ1) is 21.0. The standard InChI is InChI=1S/C20H26N2O4S2/c1-28(24,25)22(14-18-9-5-11-26-18)16-20(23)21(15-19-10-6-12-27-19)13-17-7-3-2-4-8-17/h2-4,6-8,10,12,18H,5,9,11,13-16H2,1H3/t18-/m0/s1. The first-order chi connectivity index (χ1) is 13.4. The molecule has 0 unspecified atom stereocenters. The molecule has 2 heterocycles. The smallest absolute Gasteiger partial charge is 0.238 e. The van der Waals surface area contributed by atoms with E-state index in [4.69, 9.17) is 4.74 Å². The number of carbonyl (C=O) groups is 1. The van der Waals surface area contributed by atoms with Crippen LogP contribution in [-0.2, 0) is 32.6 Å². The Hall–Kier alpha value is -1.74. The highest BCUT2D eigenvalue weighted by molar-refractivity contribution is 7.88. The van der Waals surface area contributed by atoms with Crippen molar-refractivity contribution in [1.82, 2.24) is 9.21 Å². The number of ether oxygens (including phenoxy) is 1. The zero-order valence-corrected chi connectivity index (χ0v) is 17.6. The molecule has 28 heavy (non-hydrogen) atoms. The van der Waals surface area contributed by atoms with E-state index >= 15 is 0 Å². The summed E-state index contributed by atoms with van der Waals surface area (Å²) < 4.78 is 31.3. The predicted molar refractivity (Wildman–Crippen MR) is 110 cm³/mol. The molecule has 1 aromatic carbocycles. The highest BCUT2D eigenvalue weighted by Crippen LogP contribution is 2.18. The summed E-state index contributed by atoms with van der Waals surface area (Å²) in [6, 6.07) is 13.7. The summed E-state index contributed by atoms with van der Waals surface area (Å²) in [5, 5.41) is 1.97. The molecule has 2 aromatic rings. The number of thiophene rings is 1. The maximum absolute atomic E-state index is 13.1. The Bertz CT molecular complexity index is 848. The SMILES string of the molecule is CS(=O)(=O)N(CC(=O)N(Cc1ccccc1)Cc1cccs1)C[C@@H]1CCCO1. The second-order valence-corrected chi connectivity index (χ2v) is 10.0. The maximum atomic E-state index is 13.1. The lowest BCUT2D eigenvalue weighted by Gasteiger charge is -2.27. The summed E-state index contributed by atoms with van der Waals surface area (Å²) in [5.74, 6) is -0.208. The molecule has 1 aliphatic heterocycles. The van der Waals surface area contributed by atoms with E-state index < -0.39 is 10.0 Å². The van der Waals surface area contributed by atoms with E-state index in [1.807, 2.05) is 47.8 Å². The van der Waals surface area contributed by atoms with Crippen molar-refractivity contribution in [2.45, 2.75) is 32.0 Å². The van der Waals surface area contributed by atoms with Crippen LogP contribution >= 0.6 is 11.3 Å². The first-order valence-electron chi connectivity index (χ1n) is 9.32. The van der Waals surface area contributed by atoms with Gasteiger partial charge < -0.3 is 9.64 Å². The average Bonchev–Trinajstić information content (AvgIpc) is 3.34. The summed E-state index contributed by atoms with van der Waals surface area (Å²) in [5.41, 5.74) is 1.01. The van der Waals surface area contributed by atoms with Crippen molar-refractivity contribution < 1.29 is 17.9 Å². The Morgan fingerprint density at radius 2 is 1.96 bits per heavy atom. The van der Waals surface area contributed by atoms with E-state index in [-0.39, 0.29) is 25.1 Å². The van der Waals surface area contributed by atoms with Gasteiger partial charge in [0.25, 0.3) is 0 Å². The molecule has 8 heteroatoms. The molecule has 0 spiro atoms. The molecular formula is C20H26N2O4S2. The fraction of sp³-hybridized carbons (Fsp3) is 0.450. The highest BCUT2D eigenvalue weighted by atomic mass is 32.2. The van der Waals surface area contributed by atoms with E-state index in [1.54, 1.807) is 16.2 Å². The van der Waals surface area contributed by atoms with Crippen molar-refractivity contribution in [3.63, 3.8) is 0 Å². The van der Waals surface area contributed by atoms with Gasteiger partial charge in [-0.05, 0) is 29.9 Å². The first-order valence-corrected chi connectivity index (χ1v) is 12.1. The van der Waals surface area contributed by atoms with Crippen molar-refractivity contribution in [1.29, 1.82) is 0 Å². The Morgan fingerprint density at radius 1 is 1.18 bits per heavy atom. The number of carbonyl (C=O) groups excluding carboxylic acids is 1. The third-order valence-corrected chi connectivity index (χ3v) is 6.79. The van der Waals surface area contributed by atoms with Gasteiger partial charge in [-0.2, -0.15) is 4.31 Å². The van der Waals surface area contributed by atoms with Crippen LogP contribution in [0, 0.1) is 0 Å². The Kier molecular flexibility index (Phi) is 7.23. The van der Waals surface area contributed by atoms with E-state index in [9.17, 15) is 13.2 Å². The lowest BCUT2D eigenvalue weighted by atomic mass is 10.2. The van der Waals surface area contributed by atoms with Gasteiger partial charge in [0.2, 0.25) is 15.9 Å². The number of rotatable bonds is 9. The topological polar surface area (TPSA) is 66.9 Å². The van der Waals surface area contributed by atoms with Crippen LogP contribution in [0.3, 0.4) is 0 Å². The largest absolute Gasteiger partial charge is 0.377 e. The van der Waals surface area contributed by atoms with Crippen LogP contribution in [0.1, 0.15) is 23.3 Å². The molecule has 0 aliphatic carbocycles. The predicted octanol–water partition coefficient (Wildman–Crippen LogP) is 2.72. The van der Waals surface area contributed by atoms with Gasteiger partial charge >= 0.3 is 0 Å². The zero-order valence-electron chi connectivity index (χ0n) is 16.0. The van der Waals surface area contributed by atoms with Gasteiger partial charge in [-0.25, -0.2) is 8.42 Å². The average molecular weight is 423 g/mol. The van der Waals surface area contributed by atoms with E-state index in [0.717, 1.165) is 29.5 Å². The van der Waals surface area contributed by atoms with Crippen molar-refractivity contribution in [2.75, 3.05) is 26.0 Å². The van der Waals surface area contributed by atoms with Crippen LogP contribution in [0.25, 0.3) is 0 Å². The van der Waals surface area contributed by atoms with Crippen molar-refractivity contribution in [2.24, 2.45) is 0 Å². The summed E-state index contributed by atoms with van der Waals surface area (Å²) in [7, 11) is -3.51. The summed E-state index contributed by atoms with van der Waals surface area (Å²) in [6.07, 6.45) is 2.76. The van der Waals surface area contributed by atoms with Gasteiger partial charge in [0.1, 0.15) is 0 Å². The number of hydrogen-bond acceptors (Lipinski definition) is 5. The Morgan fingerprint density at radius 3 is 2.57 bits per heavy atom. The minimum absolute atomic E-state index is 0.137. The Labute approximate surface area is 170 Å². The lowest BCUT2D eigenvalue weighted by Crippen LogP contribution is -2.44. The number of hydrogen-bond donors (Lipinski definition) is 0. The molecule has 0 saturated carbocycles. The number of sulfonamides is 1. The maximum Gasteiger partial charge on any atom is 0.238 e. The van der Waals surface area contributed by atoms with Gasteiger partial charge in [0, 0.05) is 24.6 Å². The number of benzene rings is 1. The molecule has 3 rings (SSSR count). The summed E-state index contributed by atoms with van der Waals surface area (Å²) >= 11 is 1.58. The van der Waals surface area contributed by atoms with Crippen molar-refractivity contribution in [3.05, 3.63) is 58.3 Å². The molecule has 1 aromatic heterocycles. The molecule has 0 bridgehead atoms. The van der Waals surface area contributed by atoms with Crippen LogP contribution < -0.4 is 0 Å². The van der Waals surface area contributed by atoms with Gasteiger partial charge in [0.15, 0.2) is 0 Å². The third kappa shape index (κ3) is 6.13. The van der Waals surface area contributed by atoms with Gasteiger partial charge in [-0.3, -0.25) is 4.79 Å². The fourth-order valence-corrected chi connectivity index (χ4v) is 4.71. The minimum atomic E-state index is -3.51. The van der Waals surface area contributed by atoms with E-state index in [1.165, 1.54) is 4.31 Å². The minimum Gasteiger partial charge on any atom is -0.377 e. The van der Waals surface area contributed by atoms with Crippen LogP contribution in [0.15, 0.2) is 47.8 Å². The second kappa shape index (κ2) is 9.65. The molecule has 6 nitrogen and oxygen atoms in total. The molecule has 1 saturated heterocycles. The summed E-state index contributed by atoms with van der Waals surface area (Å²) in [4.78, 5) is 15.9. The van der Waals surface area contributed by atoms with E-state index in [0.29, 0.717) is 19.7 Å². The van der Waals surface area contributed by atoms with Gasteiger partial charge in [-0.15, -0.1) is 11.3 Å². The Balaban J connectivity index is 1.73. The fourth-order valence-electron chi connectivity index (χ4n) is 3.21. The molecule has 1 amide bonds. The van der Waals surface area contributed by atoms with E-state index in [2.05, 4.69) is 0 Å². The van der Waals surface area contributed by atoms with Crippen molar-refractivity contribution in [3.8, 4) is 0 Å². The molecule has 0 N–H and O–H groups in total. The van der Waals surface area contributed by atoms with Crippen LogP contribution in [0.5, 0.6) is 0 Å². The zero-order chi connectivity index (χ0) is 20.0. The molecular weight excluding hydrogens is 396 g/mol. The normalized spacial score (nSPS) is 17.1. The second-order valence-electron chi connectivity index (χ2n) is 7.01. The van der Waals surface area contributed by atoms with Crippen LogP contribution in [0.2, 0.25) is 0 Å².